The number of aromatic hydroxyl groups is 1. The molecule has 0 bridgehead atoms. The number of alkyl halides is 3. The molecule has 0 amide bonds. The predicted molar refractivity (Wildman–Crippen MR) is 51.2 cm³/mol. The van der Waals surface area contributed by atoms with Crippen LogP contribution in [0.1, 0.15) is 16.2 Å². The van der Waals surface area contributed by atoms with Crippen LogP contribution >= 0.6 is 0 Å². The van der Waals surface area contributed by atoms with Gasteiger partial charge in [-0.25, -0.2) is 0 Å². The number of aldehydes is 1. The number of aromatic nitrogens is 4. The highest BCUT2D eigenvalue weighted by Crippen LogP contribution is 2.31. The zero-order valence-electron chi connectivity index (χ0n) is 8.59. The van der Waals surface area contributed by atoms with Crippen molar-refractivity contribution in [2.24, 2.45) is 0 Å². The van der Waals surface area contributed by atoms with Gasteiger partial charge in [0.2, 0.25) is 0 Å². The first-order valence-corrected chi connectivity index (χ1v) is 4.58. The van der Waals surface area contributed by atoms with Crippen molar-refractivity contribution >= 4 is 6.29 Å². The van der Waals surface area contributed by atoms with Crippen LogP contribution in [0, 0.1) is 0 Å². The van der Waals surface area contributed by atoms with Crippen molar-refractivity contribution in [2.45, 2.75) is 6.18 Å². The number of para-hydroxylation sites is 1. The highest BCUT2D eigenvalue weighted by Gasteiger charge is 2.39. The Hall–Kier alpha value is -2.45. The molecular formula is C9H5F3N4O2. The Labute approximate surface area is 97.7 Å². The second kappa shape index (κ2) is 4.09. The topological polar surface area (TPSA) is 80.9 Å². The number of tetrazole rings is 1. The molecule has 94 valence electrons. The van der Waals surface area contributed by atoms with Crippen molar-refractivity contribution in [3.63, 3.8) is 0 Å². The monoisotopic (exact) mass is 258 g/mol. The van der Waals surface area contributed by atoms with E-state index in [0.29, 0.717) is 11.0 Å². The van der Waals surface area contributed by atoms with E-state index in [1.807, 2.05) is 0 Å². The number of halogens is 3. The first kappa shape index (κ1) is 12.0. The molecule has 1 aromatic carbocycles. The average Bonchev–Trinajstić information content (AvgIpc) is 2.78. The molecule has 0 radical (unpaired) electrons. The quantitative estimate of drug-likeness (QED) is 0.818. The van der Waals surface area contributed by atoms with Gasteiger partial charge < -0.3 is 5.11 Å². The van der Waals surface area contributed by atoms with E-state index in [9.17, 15) is 23.1 Å². The summed E-state index contributed by atoms with van der Waals surface area (Å²) in [5.41, 5.74) is -0.479. The van der Waals surface area contributed by atoms with E-state index in [4.69, 9.17) is 0 Å². The lowest BCUT2D eigenvalue weighted by atomic mass is 10.2. The molecule has 6 nitrogen and oxygen atoms in total. The second-order valence-electron chi connectivity index (χ2n) is 3.24. The first-order chi connectivity index (χ1) is 8.45. The van der Waals surface area contributed by atoms with Gasteiger partial charge in [0.05, 0.1) is 5.56 Å². The SMILES string of the molecule is O=Cc1cccc(-n2nnnc2C(F)(F)F)c1O. The maximum absolute atomic E-state index is 12.6. The van der Waals surface area contributed by atoms with Gasteiger partial charge in [-0.2, -0.15) is 17.9 Å². The normalized spacial score (nSPS) is 11.5. The number of phenolic OH excluding ortho intramolecular Hbond substituents is 1. The molecule has 1 aromatic heterocycles. The molecule has 2 rings (SSSR count). The maximum Gasteiger partial charge on any atom is 0.453 e. The van der Waals surface area contributed by atoms with Crippen LogP contribution in [0.25, 0.3) is 5.69 Å². The number of carbonyl (C=O) groups excluding carboxylic acids is 1. The minimum atomic E-state index is -4.77. The summed E-state index contributed by atoms with van der Waals surface area (Å²) in [5, 5.41) is 18.5. The molecule has 0 spiro atoms. The number of nitrogens with zero attached hydrogens (tertiary/aromatic N) is 4. The van der Waals surface area contributed by atoms with Crippen molar-refractivity contribution in [3.05, 3.63) is 29.6 Å². The largest absolute Gasteiger partial charge is 0.505 e. The van der Waals surface area contributed by atoms with E-state index < -0.39 is 17.8 Å². The zero-order valence-corrected chi connectivity index (χ0v) is 8.59. The van der Waals surface area contributed by atoms with Gasteiger partial charge in [-0.15, -0.1) is 5.10 Å². The molecule has 0 saturated carbocycles. The zero-order chi connectivity index (χ0) is 13.3. The minimum absolute atomic E-state index is 0.156. The molecule has 1 heterocycles. The molecule has 0 atom stereocenters. The summed E-state index contributed by atoms with van der Waals surface area (Å²) in [6.07, 6.45) is -4.45. The fourth-order valence-corrected chi connectivity index (χ4v) is 1.34. The molecule has 0 aliphatic heterocycles. The lowest BCUT2D eigenvalue weighted by Crippen LogP contribution is -2.15. The van der Waals surface area contributed by atoms with Crippen molar-refractivity contribution < 1.29 is 23.1 Å². The Kier molecular flexibility index (Phi) is 2.73. The number of phenols is 1. The Balaban J connectivity index is 2.64. The minimum Gasteiger partial charge on any atom is -0.505 e. The molecule has 0 unspecified atom stereocenters. The Morgan fingerprint density at radius 1 is 1.33 bits per heavy atom. The predicted octanol–water partition coefficient (Wildman–Crippen LogP) is 1.20. The first-order valence-electron chi connectivity index (χ1n) is 4.58. The molecule has 0 saturated heterocycles. The fraction of sp³-hybridized carbons (Fsp3) is 0.111. The van der Waals surface area contributed by atoms with Crippen LogP contribution in [0.15, 0.2) is 18.2 Å². The number of hydrogen-bond acceptors (Lipinski definition) is 5. The molecule has 18 heavy (non-hydrogen) atoms. The smallest absolute Gasteiger partial charge is 0.453 e. The number of benzene rings is 1. The van der Waals surface area contributed by atoms with Crippen LogP contribution in [0.4, 0.5) is 13.2 Å². The number of hydrogen-bond donors (Lipinski definition) is 1. The highest BCUT2D eigenvalue weighted by molar-refractivity contribution is 5.81. The van der Waals surface area contributed by atoms with Crippen molar-refractivity contribution in [1.82, 2.24) is 20.2 Å². The van der Waals surface area contributed by atoms with Crippen LogP contribution in [0.5, 0.6) is 5.75 Å². The summed E-state index contributed by atoms with van der Waals surface area (Å²) in [6.45, 7) is 0. The highest BCUT2D eigenvalue weighted by atomic mass is 19.4. The van der Waals surface area contributed by atoms with Crippen LogP contribution in [0.2, 0.25) is 0 Å². The molecule has 9 heteroatoms. The molecule has 0 aliphatic rings. The van der Waals surface area contributed by atoms with E-state index >= 15 is 0 Å². The van der Waals surface area contributed by atoms with Crippen LogP contribution in [-0.4, -0.2) is 31.6 Å². The van der Waals surface area contributed by atoms with Crippen molar-refractivity contribution in [3.8, 4) is 11.4 Å². The van der Waals surface area contributed by atoms with Gasteiger partial charge in [0, 0.05) is 0 Å². The molecule has 1 N–H and O–H groups in total. The molecular weight excluding hydrogens is 253 g/mol. The van der Waals surface area contributed by atoms with Crippen molar-refractivity contribution in [2.75, 3.05) is 0 Å². The van der Waals surface area contributed by atoms with Gasteiger partial charge in [0.15, 0.2) is 12.0 Å². The van der Waals surface area contributed by atoms with Crippen LogP contribution < -0.4 is 0 Å². The van der Waals surface area contributed by atoms with Crippen LogP contribution in [-0.2, 0) is 6.18 Å². The van der Waals surface area contributed by atoms with Crippen molar-refractivity contribution in [1.29, 1.82) is 0 Å². The fourth-order valence-electron chi connectivity index (χ4n) is 1.34. The third-order valence-corrected chi connectivity index (χ3v) is 2.12. The van der Waals surface area contributed by atoms with Gasteiger partial charge in [-0.1, -0.05) is 6.07 Å². The number of rotatable bonds is 2. The van der Waals surface area contributed by atoms with Gasteiger partial charge in [0.1, 0.15) is 5.69 Å². The van der Waals surface area contributed by atoms with Gasteiger partial charge in [-0.3, -0.25) is 4.79 Å². The third-order valence-electron chi connectivity index (χ3n) is 2.12. The van der Waals surface area contributed by atoms with E-state index in [1.54, 1.807) is 0 Å². The average molecular weight is 258 g/mol. The lowest BCUT2D eigenvalue weighted by Gasteiger charge is -2.09. The summed E-state index contributed by atoms with van der Waals surface area (Å²) >= 11 is 0. The van der Waals surface area contributed by atoms with Crippen LogP contribution in [0.3, 0.4) is 0 Å². The summed E-state index contributed by atoms with van der Waals surface area (Å²) < 4.78 is 38.0. The van der Waals surface area contributed by atoms with E-state index in [2.05, 4.69) is 15.5 Å². The summed E-state index contributed by atoms with van der Waals surface area (Å²) in [5.74, 6) is -2.01. The summed E-state index contributed by atoms with van der Waals surface area (Å²) in [7, 11) is 0. The second-order valence-corrected chi connectivity index (χ2v) is 3.24. The molecule has 2 aromatic rings. The Morgan fingerprint density at radius 3 is 2.67 bits per heavy atom. The van der Waals surface area contributed by atoms with Gasteiger partial charge >= 0.3 is 6.18 Å². The lowest BCUT2D eigenvalue weighted by molar-refractivity contribution is -0.146. The standard InChI is InChI=1S/C9H5F3N4O2/c10-9(11,12)8-13-14-15-16(8)6-3-1-2-5(4-17)7(6)18/h1-4,18H. The third kappa shape index (κ3) is 1.90. The Bertz CT molecular complexity index is 594. The summed E-state index contributed by atoms with van der Waals surface area (Å²) in [6, 6.07) is 3.72. The van der Waals surface area contributed by atoms with E-state index in [0.717, 1.165) is 6.07 Å². The number of carbonyl (C=O) groups is 1. The van der Waals surface area contributed by atoms with Gasteiger partial charge in [0.25, 0.3) is 5.82 Å². The summed E-state index contributed by atoms with van der Waals surface area (Å²) in [4.78, 5) is 10.6. The van der Waals surface area contributed by atoms with E-state index in [-0.39, 0.29) is 11.3 Å². The molecule has 0 fully saturated rings. The van der Waals surface area contributed by atoms with E-state index in [1.165, 1.54) is 12.1 Å². The maximum atomic E-state index is 12.6. The van der Waals surface area contributed by atoms with Gasteiger partial charge in [-0.05, 0) is 22.6 Å². The Morgan fingerprint density at radius 2 is 2.06 bits per heavy atom. The molecule has 0 aliphatic carbocycles.